The molecule has 14 heavy (non-hydrogen) atoms. The molecule has 2 rings (SSSR count). The molecule has 76 valence electrons. The summed E-state index contributed by atoms with van der Waals surface area (Å²) in [6.07, 6.45) is 8.25. The van der Waals surface area contributed by atoms with Crippen LogP contribution in [0.5, 0.6) is 0 Å². The third-order valence-corrected chi connectivity index (χ3v) is 3.55. The molecule has 0 spiro atoms. The van der Waals surface area contributed by atoms with Crippen LogP contribution < -0.4 is 0 Å². The average molecular weight is 192 g/mol. The first-order valence-electron chi connectivity index (χ1n) is 5.75. The fraction of sp³-hybridized carbons (Fsp3) is 0.909. The summed E-state index contributed by atoms with van der Waals surface area (Å²) in [7, 11) is 5.81. The van der Waals surface area contributed by atoms with Gasteiger partial charge in [-0.1, -0.05) is 32.1 Å². The number of esters is 1. The Bertz CT molecular complexity index is 217. The Morgan fingerprint density at radius 3 is 2.50 bits per heavy atom. The van der Waals surface area contributed by atoms with Gasteiger partial charge in [-0.3, -0.25) is 4.79 Å². The fourth-order valence-electron chi connectivity index (χ4n) is 2.68. The molecule has 1 saturated heterocycles. The molecule has 3 unspecified atom stereocenters. The van der Waals surface area contributed by atoms with Crippen molar-refractivity contribution in [2.75, 3.05) is 0 Å². The maximum atomic E-state index is 11.5. The standard InChI is InChI=1S/C11H17BO2/c12-10-8-6-4-2-1-3-5-7-9(8)11(13)14-10/h8-10H,1-7H2. The van der Waals surface area contributed by atoms with Crippen molar-refractivity contribution in [1.82, 2.24) is 0 Å². The topological polar surface area (TPSA) is 26.3 Å². The van der Waals surface area contributed by atoms with Crippen molar-refractivity contribution < 1.29 is 9.53 Å². The monoisotopic (exact) mass is 192 g/mol. The van der Waals surface area contributed by atoms with Crippen LogP contribution in [0.1, 0.15) is 44.9 Å². The lowest BCUT2D eigenvalue weighted by Gasteiger charge is -2.16. The summed E-state index contributed by atoms with van der Waals surface area (Å²) in [5.41, 5.74) is 0. The van der Waals surface area contributed by atoms with Crippen LogP contribution in [0, 0.1) is 11.8 Å². The minimum atomic E-state index is -0.328. The fourth-order valence-corrected chi connectivity index (χ4v) is 2.68. The number of rotatable bonds is 0. The molecule has 0 aromatic carbocycles. The minimum absolute atomic E-state index is 0.0515. The molecule has 0 aromatic heterocycles. The molecule has 0 N–H and O–H groups in total. The van der Waals surface area contributed by atoms with Gasteiger partial charge in [-0.15, -0.1) is 0 Å². The maximum absolute atomic E-state index is 11.5. The molecule has 0 aromatic rings. The first-order valence-corrected chi connectivity index (χ1v) is 5.75. The van der Waals surface area contributed by atoms with E-state index >= 15 is 0 Å². The SMILES string of the molecule is [B]C1OC(=O)C2CCCCCCCC12. The van der Waals surface area contributed by atoms with Crippen LogP contribution >= 0.6 is 0 Å². The highest BCUT2D eigenvalue weighted by Gasteiger charge is 2.40. The quantitative estimate of drug-likeness (QED) is 0.433. The predicted molar refractivity (Wildman–Crippen MR) is 54.9 cm³/mol. The second-order valence-electron chi connectivity index (χ2n) is 4.52. The number of cyclic esters (lactones) is 1. The number of hydrogen-bond acceptors (Lipinski definition) is 2. The van der Waals surface area contributed by atoms with Crippen LogP contribution in [-0.4, -0.2) is 19.8 Å². The van der Waals surface area contributed by atoms with Crippen LogP contribution in [0.2, 0.25) is 0 Å². The molecular formula is C11H17BO2. The van der Waals surface area contributed by atoms with Crippen molar-refractivity contribution in [2.24, 2.45) is 11.8 Å². The molecular weight excluding hydrogens is 175 g/mol. The second-order valence-corrected chi connectivity index (χ2v) is 4.52. The van der Waals surface area contributed by atoms with Gasteiger partial charge in [0.15, 0.2) is 0 Å². The van der Waals surface area contributed by atoms with Crippen molar-refractivity contribution in [3.63, 3.8) is 0 Å². The summed E-state index contributed by atoms with van der Waals surface area (Å²) in [6, 6.07) is -0.328. The Hall–Kier alpha value is -0.465. The van der Waals surface area contributed by atoms with Crippen molar-refractivity contribution >= 4 is 13.8 Å². The van der Waals surface area contributed by atoms with E-state index in [-0.39, 0.29) is 17.9 Å². The molecule has 0 amide bonds. The Labute approximate surface area is 86.8 Å². The molecule has 3 heteroatoms. The van der Waals surface area contributed by atoms with Gasteiger partial charge in [-0.05, 0) is 12.8 Å². The van der Waals surface area contributed by atoms with Crippen LogP contribution in [0.25, 0.3) is 0 Å². The van der Waals surface area contributed by atoms with Gasteiger partial charge in [0.2, 0.25) is 0 Å². The van der Waals surface area contributed by atoms with Crippen LogP contribution in [0.3, 0.4) is 0 Å². The predicted octanol–water partition coefficient (Wildman–Crippen LogP) is 2.01. The van der Waals surface area contributed by atoms with E-state index in [1.807, 2.05) is 0 Å². The van der Waals surface area contributed by atoms with Gasteiger partial charge in [0.05, 0.1) is 11.9 Å². The summed E-state index contributed by atoms with van der Waals surface area (Å²) in [6.45, 7) is 0. The van der Waals surface area contributed by atoms with Crippen molar-refractivity contribution in [2.45, 2.75) is 50.9 Å². The first kappa shape index (κ1) is 10.1. The average Bonchev–Trinajstić information content (AvgIpc) is 2.48. The largest absolute Gasteiger partial charge is 0.472 e. The summed E-state index contributed by atoms with van der Waals surface area (Å²) in [5, 5.41) is 0. The summed E-state index contributed by atoms with van der Waals surface area (Å²) in [5.74, 6) is 0.341. The van der Waals surface area contributed by atoms with Crippen molar-refractivity contribution in [1.29, 1.82) is 0 Å². The van der Waals surface area contributed by atoms with E-state index < -0.39 is 0 Å². The molecule has 2 aliphatic rings. The van der Waals surface area contributed by atoms with E-state index in [0.29, 0.717) is 5.92 Å². The van der Waals surface area contributed by atoms with Crippen molar-refractivity contribution in [3.05, 3.63) is 0 Å². The van der Waals surface area contributed by atoms with Crippen LogP contribution in [-0.2, 0) is 9.53 Å². The molecule has 2 nitrogen and oxygen atoms in total. The molecule has 1 saturated carbocycles. The molecule has 0 bridgehead atoms. The van der Waals surface area contributed by atoms with Crippen molar-refractivity contribution in [3.8, 4) is 0 Å². The van der Waals surface area contributed by atoms with Gasteiger partial charge in [-0.2, -0.15) is 0 Å². The maximum Gasteiger partial charge on any atom is 0.308 e. The lowest BCUT2D eigenvalue weighted by atomic mass is 9.77. The zero-order chi connectivity index (χ0) is 9.97. The number of carbonyl (C=O) groups is 1. The number of carbonyl (C=O) groups excluding carboxylic acids is 1. The lowest BCUT2D eigenvalue weighted by Crippen LogP contribution is -2.20. The van der Waals surface area contributed by atoms with E-state index in [0.717, 1.165) is 19.3 Å². The van der Waals surface area contributed by atoms with E-state index in [4.69, 9.17) is 12.6 Å². The van der Waals surface area contributed by atoms with Gasteiger partial charge in [0, 0.05) is 5.92 Å². The summed E-state index contributed by atoms with van der Waals surface area (Å²) < 4.78 is 5.10. The summed E-state index contributed by atoms with van der Waals surface area (Å²) >= 11 is 0. The Balaban J connectivity index is 2.04. The zero-order valence-corrected chi connectivity index (χ0v) is 8.58. The van der Waals surface area contributed by atoms with Crippen LogP contribution in [0.15, 0.2) is 0 Å². The normalized spacial score (nSPS) is 39.1. The van der Waals surface area contributed by atoms with Gasteiger partial charge < -0.3 is 4.74 Å². The highest BCUT2D eigenvalue weighted by atomic mass is 16.5. The summed E-state index contributed by atoms with van der Waals surface area (Å²) in [4.78, 5) is 11.5. The smallest absolute Gasteiger partial charge is 0.308 e. The number of fused-ring (bicyclic) bond motifs is 1. The third-order valence-electron chi connectivity index (χ3n) is 3.55. The van der Waals surface area contributed by atoms with Crippen LogP contribution in [0.4, 0.5) is 0 Å². The molecule has 2 fully saturated rings. The number of hydrogen-bond donors (Lipinski definition) is 0. The molecule has 1 aliphatic carbocycles. The van der Waals surface area contributed by atoms with Gasteiger partial charge in [0.1, 0.15) is 7.85 Å². The highest BCUT2D eigenvalue weighted by molar-refractivity contribution is 6.13. The number of ether oxygens (including phenoxy) is 1. The Kier molecular flexibility index (Phi) is 3.14. The van der Waals surface area contributed by atoms with E-state index in [9.17, 15) is 4.79 Å². The van der Waals surface area contributed by atoms with E-state index in [1.165, 1.54) is 25.7 Å². The Morgan fingerprint density at radius 1 is 1.07 bits per heavy atom. The van der Waals surface area contributed by atoms with Gasteiger partial charge >= 0.3 is 5.97 Å². The minimum Gasteiger partial charge on any atom is -0.472 e. The Morgan fingerprint density at radius 2 is 1.71 bits per heavy atom. The van der Waals surface area contributed by atoms with Gasteiger partial charge in [-0.25, -0.2) is 0 Å². The second kappa shape index (κ2) is 4.37. The molecule has 1 aliphatic heterocycles. The third kappa shape index (κ3) is 1.96. The molecule has 3 atom stereocenters. The molecule has 1 heterocycles. The van der Waals surface area contributed by atoms with E-state index in [1.54, 1.807) is 0 Å². The van der Waals surface area contributed by atoms with E-state index in [2.05, 4.69) is 0 Å². The first-order chi connectivity index (χ1) is 6.79. The zero-order valence-electron chi connectivity index (χ0n) is 8.58. The lowest BCUT2D eigenvalue weighted by molar-refractivity contribution is -0.142. The molecule has 2 radical (unpaired) electrons. The van der Waals surface area contributed by atoms with Gasteiger partial charge in [0.25, 0.3) is 0 Å². The highest BCUT2D eigenvalue weighted by Crippen LogP contribution is 2.35.